The van der Waals surface area contributed by atoms with E-state index in [4.69, 9.17) is 5.11 Å². The van der Waals surface area contributed by atoms with Crippen LogP contribution in [0.1, 0.15) is 26.7 Å². The van der Waals surface area contributed by atoms with Crippen molar-refractivity contribution in [3.05, 3.63) is 11.6 Å². The number of amides is 1. The number of nitrogens with one attached hydrogen (secondary N) is 1. The summed E-state index contributed by atoms with van der Waals surface area (Å²) in [5.74, 6) is -0.836. The molecular formula is C10H17NO3. The fourth-order valence-electron chi connectivity index (χ4n) is 1.02. The number of carbonyl (C=O) groups is 2. The van der Waals surface area contributed by atoms with Crippen LogP contribution >= 0.6 is 0 Å². The maximum Gasteiger partial charge on any atom is 0.331 e. The molecule has 0 saturated heterocycles. The molecule has 0 heterocycles. The Hall–Kier alpha value is -1.32. The normalized spacial score (nSPS) is 11.6. The molecule has 0 radical (unpaired) electrons. The van der Waals surface area contributed by atoms with Gasteiger partial charge in [0.25, 0.3) is 0 Å². The van der Waals surface area contributed by atoms with Crippen molar-refractivity contribution in [3.8, 4) is 0 Å². The molecule has 80 valence electrons. The molecule has 0 aromatic carbocycles. The molecule has 14 heavy (non-hydrogen) atoms. The lowest BCUT2D eigenvalue weighted by Gasteiger charge is -2.05. The van der Waals surface area contributed by atoms with Gasteiger partial charge >= 0.3 is 5.97 Å². The zero-order chi connectivity index (χ0) is 11.1. The standard InChI is InChI=1S/C10H17NO3/c1-7(2)6-8(10(13)14)4-5-9(12)11-3/h4,7H,5-6H2,1-3H3,(H,11,12)(H,13,14). The Labute approximate surface area is 84.0 Å². The Kier molecular flexibility index (Phi) is 5.60. The van der Waals surface area contributed by atoms with Crippen LogP contribution in [0.5, 0.6) is 0 Å². The van der Waals surface area contributed by atoms with Gasteiger partial charge in [-0.1, -0.05) is 19.9 Å². The molecule has 4 heteroatoms. The van der Waals surface area contributed by atoms with Gasteiger partial charge in [0.15, 0.2) is 0 Å². The molecule has 0 unspecified atom stereocenters. The minimum Gasteiger partial charge on any atom is -0.478 e. The molecule has 0 aliphatic carbocycles. The number of aliphatic carboxylic acids is 1. The van der Waals surface area contributed by atoms with E-state index in [0.29, 0.717) is 12.0 Å². The van der Waals surface area contributed by atoms with E-state index in [0.717, 1.165) is 0 Å². The smallest absolute Gasteiger partial charge is 0.331 e. The van der Waals surface area contributed by atoms with E-state index in [2.05, 4.69) is 5.32 Å². The first-order valence-corrected chi connectivity index (χ1v) is 4.60. The van der Waals surface area contributed by atoms with E-state index in [-0.39, 0.29) is 18.2 Å². The second-order valence-corrected chi connectivity index (χ2v) is 3.51. The van der Waals surface area contributed by atoms with E-state index >= 15 is 0 Å². The van der Waals surface area contributed by atoms with Crippen LogP contribution < -0.4 is 5.32 Å². The van der Waals surface area contributed by atoms with Gasteiger partial charge in [0.1, 0.15) is 0 Å². The average Bonchev–Trinajstić information content (AvgIpc) is 2.10. The van der Waals surface area contributed by atoms with Crippen molar-refractivity contribution in [2.45, 2.75) is 26.7 Å². The lowest BCUT2D eigenvalue weighted by Crippen LogP contribution is -2.17. The third-order valence-electron chi connectivity index (χ3n) is 1.72. The van der Waals surface area contributed by atoms with Gasteiger partial charge in [-0.2, -0.15) is 0 Å². The minimum absolute atomic E-state index is 0.130. The summed E-state index contributed by atoms with van der Waals surface area (Å²) in [7, 11) is 1.53. The number of hydrogen-bond donors (Lipinski definition) is 2. The SMILES string of the molecule is CNC(=O)CC=C(CC(C)C)C(=O)O. The first-order valence-electron chi connectivity index (χ1n) is 4.60. The molecule has 0 rings (SSSR count). The van der Waals surface area contributed by atoms with Gasteiger partial charge in [0.05, 0.1) is 0 Å². The van der Waals surface area contributed by atoms with Gasteiger partial charge in [0.2, 0.25) is 5.91 Å². The molecule has 4 nitrogen and oxygen atoms in total. The summed E-state index contributed by atoms with van der Waals surface area (Å²) in [6.45, 7) is 3.88. The molecule has 0 aromatic heterocycles. The van der Waals surface area contributed by atoms with Crippen LogP contribution in [0.25, 0.3) is 0 Å². The Morgan fingerprint density at radius 2 is 2.00 bits per heavy atom. The van der Waals surface area contributed by atoms with Crippen molar-refractivity contribution in [1.29, 1.82) is 0 Å². The van der Waals surface area contributed by atoms with Crippen LogP contribution in [0, 0.1) is 5.92 Å². The van der Waals surface area contributed by atoms with Crippen molar-refractivity contribution >= 4 is 11.9 Å². The predicted molar refractivity (Wildman–Crippen MR) is 53.9 cm³/mol. The van der Waals surface area contributed by atoms with Crippen molar-refractivity contribution in [1.82, 2.24) is 5.32 Å². The molecule has 0 aliphatic heterocycles. The predicted octanol–water partition coefficient (Wildman–Crippen LogP) is 1.18. The summed E-state index contributed by atoms with van der Waals surface area (Å²) in [5.41, 5.74) is 0.309. The zero-order valence-electron chi connectivity index (χ0n) is 8.83. The highest BCUT2D eigenvalue weighted by molar-refractivity contribution is 5.88. The highest BCUT2D eigenvalue weighted by Crippen LogP contribution is 2.11. The first kappa shape index (κ1) is 12.7. The highest BCUT2D eigenvalue weighted by Gasteiger charge is 2.09. The van der Waals surface area contributed by atoms with Gasteiger partial charge < -0.3 is 10.4 Å². The fraction of sp³-hybridized carbons (Fsp3) is 0.600. The third kappa shape index (κ3) is 5.35. The molecule has 1 amide bonds. The van der Waals surface area contributed by atoms with Crippen molar-refractivity contribution in [3.63, 3.8) is 0 Å². The molecule has 2 N–H and O–H groups in total. The molecule has 0 aromatic rings. The van der Waals surface area contributed by atoms with Crippen LogP contribution in [0.15, 0.2) is 11.6 Å². The molecule has 0 atom stereocenters. The van der Waals surface area contributed by atoms with Gasteiger partial charge in [-0.05, 0) is 12.3 Å². The number of rotatable bonds is 5. The quantitative estimate of drug-likeness (QED) is 0.653. The molecule has 0 saturated carbocycles. The van der Waals surface area contributed by atoms with E-state index in [1.807, 2.05) is 13.8 Å². The number of carboxylic acids is 1. The summed E-state index contributed by atoms with van der Waals surface area (Å²) in [6, 6.07) is 0. The van der Waals surface area contributed by atoms with Crippen molar-refractivity contribution < 1.29 is 14.7 Å². The molecular weight excluding hydrogens is 182 g/mol. The average molecular weight is 199 g/mol. The molecule has 0 bridgehead atoms. The maximum atomic E-state index is 10.9. The second-order valence-electron chi connectivity index (χ2n) is 3.51. The van der Waals surface area contributed by atoms with E-state index in [1.54, 1.807) is 0 Å². The van der Waals surface area contributed by atoms with Crippen molar-refractivity contribution in [2.75, 3.05) is 7.05 Å². The summed E-state index contributed by atoms with van der Waals surface area (Å²) < 4.78 is 0. The minimum atomic E-state index is -0.942. The number of hydrogen-bond acceptors (Lipinski definition) is 2. The monoisotopic (exact) mass is 199 g/mol. The van der Waals surface area contributed by atoms with Gasteiger partial charge in [-0.15, -0.1) is 0 Å². The van der Waals surface area contributed by atoms with Gasteiger partial charge in [-0.3, -0.25) is 4.79 Å². The van der Waals surface area contributed by atoms with E-state index in [9.17, 15) is 9.59 Å². The lowest BCUT2D eigenvalue weighted by molar-refractivity contribution is -0.132. The topological polar surface area (TPSA) is 66.4 Å². The van der Waals surface area contributed by atoms with Crippen LogP contribution in [-0.2, 0) is 9.59 Å². The number of carbonyl (C=O) groups excluding carboxylic acids is 1. The summed E-state index contributed by atoms with van der Waals surface area (Å²) in [4.78, 5) is 21.6. The summed E-state index contributed by atoms with van der Waals surface area (Å²) in [6.07, 6.45) is 2.10. The van der Waals surface area contributed by atoms with Crippen LogP contribution in [0.3, 0.4) is 0 Å². The van der Waals surface area contributed by atoms with Gasteiger partial charge in [-0.25, -0.2) is 4.79 Å². The Bertz CT molecular complexity index is 244. The molecule has 0 spiro atoms. The Morgan fingerprint density at radius 1 is 1.43 bits per heavy atom. The first-order chi connectivity index (χ1) is 6.47. The van der Waals surface area contributed by atoms with Crippen molar-refractivity contribution in [2.24, 2.45) is 5.92 Å². The molecule has 0 aliphatic rings. The fourth-order valence-corrected chi connectivity index (χ4v) is 1.02. The maximum absolute atomic E-state index is 10.9. The largest absolute Gasteiger partial charge is 0.478 e. The Morgan fingerprint density at radius 3 is 2.36 bits per heavy atom. The second kappa shape index (κ2) is 6.18. The highest BCUT2D eigenvalue weighted by atomic mass is 16.4. The van der Waals surface area contributed by atoms with E-state index in [1.165, 1.54) is 13.1 Å². The number of carboxylic acid groups (broad SMARTS) is 1. The summed E-state index contributed by atoms with van der Waals surface area (Å²) in [5, 5.41) is 11.2. The Balaban J connectivity index is 4.33. The lowest BCUT2D eigenvalue weighted by atomic mass is 10.0. The zero-order valence-corrected chi connectivity index (χ0v) is 8.83. The van der Waals surface area contributed by atoms with Crippen LogP contribution in [0.2, 0.25) is 0 Å². The van der Waals surface area contributed by atoms with Crippen LogP contribution in [-0.4, -0.2) is 24.0 Å². The van der Waals surface area contributed by atoms with Gasteiger partial charge in [0, 0.05) is 19.0 Å². The third-order valence-corrected chi connectivity index (χ3v) is 1.72. The van der Waals surface area contributed by atoms with E-state index < -0.39 is 5.97 Å². The molecule has 0 fully saturated rings. The summed E-state index contributed by atoms with van der Waals surface area (Å²) >= 11 is 0. The van der Waals surface area contributed by atoms with Crippen LogP contribution in [0.4, 0.5) is 0 Å².